The van der Waals surface area contributed by atoms with Gasteiger partial charge in [-0.05, 0) is 42.3 Å². The van der Waals surface area contributed by atoms with Crippen molar-refractivity contribution in [2.24, 2.45) is 0 Å². The number of halogens is 1. The summed E-state index contributed by atoms with van der Waals surface area (Å²) in [7, 11) is 0. The average Bonchev–Trinajstić information content (AvgIpc) is 2.75. The Morgan fingerprint density at radius 3 is 2.34 bits per heavy atom. The number of anilines is 1. The maximum Gasteiger partial charge on any atom is 0.340 e. The molecule has 0 amide bonds. The number of benzene rings is 3. The summed E-state index contributed by atoms with van der Waals surface area (Å²) < 4.78 is 11.0. The van der Waals surface area contributed by atoms with E-state index in [1.165, 1.54) is 0 Å². The van der Waals surface area contributed by atoms with Gasteiger partial charge in [0.25, 0.3) is 0 Å². The van der Waals surface area contributed by atoms with Crippen molar-refractivity contribution >= 4 is 28.8 Å². The van der Waals surface area contributed by atoms with Crippen LogP contribution in [-0.2, 0) is 16.1 Å². The number of esters is 1. The molecule has 0 saturated heterocycles. The minimum Gasteiger partial charge on any atom is -0.489 e. The highest BCUT2D eigenvalue weighted by Crippen LogP contribution is 2.24. The predicted octanol–water partition coefficient (Wildman–Crippen LogP) is 5.94. The quantitative estimate of drug-likeness (QED) is 0.371. The van der Waals surface area contributed by atoms with Crippen LogP contribution in [0.25, 0.3) is 5.57 Å². The van der Waals surface area contributed by atoms with Gasteiger partial charge >= 0.3 is 5.97 Å². The van der Waals surface area contributed by atoms with E-state index in [2.05, 4.69) is 5.32 Å². The molecule has 0 heterocycles. The Labute approximate surface area is 175 Å². The van der Waals surface area contributed by atoms with Crippen molar-refractivity contribution in [2.45, 2.75) is 13.5 Å². The second kappa shape index (κ2) is 10.3. The van der Waals surface area contributed by atoms with Gasteiger partial charge in [-0.15, -0.1) is 0 Å². The zero-order chi connectivity index (χ0) is 20.5. The van der Waals surface area contributed by atoms with Crippen LogP contribution in [0.15, 0.2) is 85.1 Å². The Bertz CT molecular complexity index is 969. The summed E-state index contributed by atoms with van der Waals surface area (Å²) >= 11 is 6.18. The number of para-hydroxylation sites is 1. The lowest BCUT2D eigenvalue weighted by Crippen LogP contribution is -2.08. The molecule has 5 heteroatoms. The third-order valence-corrected chi connectivity index (χ3v) is 4.48. The van der Waals surface area contributed by atoms with Crippen molar-refractivity contribution in [1.82, 2.24) is 0 Å². The molecule has 0 aliphatic carbocycles. The van der Waals surface area contributed by atoms with Gasteiger partial charge in [0, 0.05) is 6.20 Å². The first-order valence-electron chi connectivity index (χ1n) is 9.33. The molecule has 29 heavy (non-hydrogen) atoms. The largest absolute Gasteiger partial charge is 0.489 e. The number of nitrogens with one attached hydrogen (secondary N) is 1. The molecular formula is C24H22ClNO3. The molecule has 1 N–H and O–H groups in total. The van der Waals surface area contributed by atoms with Crippen LogP contribution in [-0.4, -0.2) is 12.6 Å². The fourth-order valence-electron chi connectivity index (χ4n) is 2.67. The molecule has 0 radical (unpaired) electrons. The predicted molar refractivity (Wildman–Crippen MR) is 117 cm³/mol. The van der Waals surface area contributed by atoms with Gasteiger partial charge in [0.15, 0.2) is 0 Å². The Morgan fingerprint density at radius 2 is 1.66 bits per heavy atom. The minimum atomic E-state index is -0.412. The van der Waals surface area contributed by atoms with E-state index in [9.17, 15) is 4.79 Å². The summed E-state index contributed by atoms with van der Waals surface area (Å²) in [6.45, 7) is 2.55. The van der Waals surface area contributed by atoms with Gasteiger partial charge in [-0.1, -0.05) is 66.2 Å². The molecule has 3 rings (SSSR count). The molecule has 0 aliphatic rings. The third-order valence-electron chi connectivity index (χ3n) is 4.15. The van der Waals surface area contributed by atoms with Crippen LogP contribution in [0.3, 0.4) is 0 Å². The number of hydrogen-bond donors (Lipinski definition) is 1. The molecule has 0 unspecified atom stereocenters. The molecule has 148 valence electrons. The maximum atomic E-state index is 12.5. The van der Waals surface area contributed by atoms with Gasteiger partial charge in [0.2, 0.25) is 0 Å². The van der Waals surface area contributed by atoms with Crippen LogP contribution in [0.4, 0.5) is 5.69 Å². The van der Waals surface area contributed by atoms with E-state index in [0.29, 0.717) is 29.5 Å². The SMILES string of the molecule is CCOC(=O)/C(=C\Nc1ccccc1Cl)c1ccc(OCc2ccccc2)cc1. The molecular weight excluding hydrogens is 386 g/mol. The van der Waals surface area contributed by atoms with Crippen LogP contribution in [0.5, 0.6) is 5.75 Å². The highest BCUT2D eigenvalue weighted by molar-refractivity contribution is 6.33. The fraction of sp³-hybridized carbons (Fsp3) is 0.125. The molecule has 4 nitrogen and oxygen atoms in total. The first kappa shape index (κ1) is 20.5. The van der Waals surface area contributed by atoms with Crippen molar-refractivity contribution in [3.8, 4) is 5.75 Å². The zero-order valence-electron chi connectivity index (χ0n) is 16.1. The van der Waals surface area contributed by atoms with Crippen molar-refractivity contribution in [1.29, 1.82) is 0 Å². The van der Waals surface area contributed by atoms with Gasteiger partial charge < -0.3 is 14.8 Å². The fourth-order valence-corrected chi connectivity index (χ4v) is 2.86. The van der Waals surface area contributed by atoms with Gasteiger partial charge in [-0.25, -0.2) is 4.79 Å². The van der Waals surface area contributed by atoms with Gasteiger partial charge in [0.1, 0.15) is 12.4 Å². The molecule has 0 aliphatic heterocycles. The first-order valence-corrected chi connectivity index (χ1v) is 9.70. The highest BCUT2D eigenvalue weighted by Gasteiger charge is 2.14. The van der Waals surface area contributed by atoms with E-state index in [1.807, 2.05) is 72.8 Å². The van der Waals surface area contributed by atoms with E-state index in [0.717, 1.165) is 16.9 Å². The van der Waals surface area contributed by atoms with Crippen LogP contribution in [0.1, 0.15) is 18.1 Å². The Hall–Kier alpha value is -3.24. The lowest BCUT2D eigenvalue weighted by atomic mass is 10.1. The normalized spacial score (nSPS) is 11.0. The molecule has 0 saturated carbocycles. The maximum absolute atomic E-state index is 12.5. The molecule has 0 spiro atoms. The van der Waals surface area contributed by atoms with E-state index < -0.39 is 5.97 Å². The van der Waals surface area contributed by atoms with E-state index in [-0.39, 0.29) is 0 Å². The van der Waals surface area contributed by atoms with E-state index >= 15 is 0 Å². The van der Waals surface area contributed by atoms with Gasteiger partial charge in [-0.3, -0.25) is 0 Å². The van der Waals surface area contributed by atoms with Crippen molar-refractivity contribution < 1.29 is 14.3 Å². The minimum absolute atomic E-state index is 0.292. The Balaban J connectivity index is 1.75. The van der Waals surface area contributed by atoms with Gasteiger partial charge in [0.05, 0.1) is 22.9 Å². The highest BCUT2D eigenvalue weighted by atomic mass is 35.5. The zero-order valence-corrected chi connectivity index (χ0v) is 16.9. The van der Waals surface area contributed by atoms with Crippen molar-refractivity contribution in [3.05, 3.63) is 101 Å². The summed E-state index contributed by atoms with van der Waals surface area (Å²) in [5.74, 6) is 0.310. The Morgan fingerprint density at radius 1 is 0.966 bits per heavy atom. The standard InChI is InChI=1S/C24H22ClNO3/c1-2-28-24(27)21(16-26-23-11-7-6-10-22(23)25)19-12-14-20(15-13-19)29-17-18-8-4-3-5-9-18/h3-16,26H,2,17H2,1H3/b21-16-. The number of carbonyl (C=O) groups excluding carboxylic acids is 1. The molecule has 0 fully saturated rings. The second-order valence-electron chi connectivity index (χ2n) is 6.20. The first-order chi connectivity index (χ1) is 14.2. The summed E-state index contributed by atoms with van der Waals surface area (Å²) in [6, 6.07) is 24.6. The summed E-state index contributed by atoms with van der Waals surface area (Å²) in [5.41, 5.74) is 2.92. The van der Waals surface area contributed by atoms with Crippen LogP contribution < -0.4 is 10.1 Å². The topological polar surface area (TPSA) is 47.6 Å². The van der Waals surface area contributed by atoms with Crippen LogP contribution >= 0.6 is 11.6 Å². The lowest BCUT2D eigenvalue weighted by Gasteiger charge is -2.11. The van der Waals surface area contributed by atoms with Gasteiger partial charge in [-0.2, -0.15) is 0 Å². The average molecular weight is 408 g/mol. The number of carbonyl (C=O) groups is 1. The lowest BCUT2D eigenvalue weighted by molar-refractivity contribution is -0.136. The van der Waals surface area contributed by atoms with E-state index in [4.69, 9.17) is 21.1 Å². The number of hydrogen-bond acceptors (Lipinski definition) is 4. The van der Waals surface area contributed by atoms with Crippen LogP contribution in [0, 0.1) is 0 Å². The summed E-state index contributed by atoms with van der Waals surface area (Å²) in [5, 5.41) is 3.65. The molecule has 0 atom stereocenters. The monoisotopic (exact) mass is 407 g/mol. The van der Waals surface area contributed by atoms with Crippen molar-refractivity contribution in [3.63, 3.8) is 0 Å². The summed E-state index contributed by atoms with van der Waals surface area (Å²) in [4.78, 5) is 12.5. The smallest absolute Gasteiger partial charge is 0.340 e. The number of ether oxygens (including phenoxy) is 2. The number of rotatable bonds is 8. The Kier molecular flexibility index (Phi) is 7.31. The molecule has 3 aromatic carbocycles. The van der Waals surface area contributed by atoms with Crippen molar-refractivity contribution in [2.75, 3.05) is 11.9 Å². The van der Waals surface area contributed by atoms with Crippen LogP contribution in [0.2, 0.25) is 5.02 Å². The summed E-state index contributed by atoms with van der Waals surface area (Å²) in [6.07, 6.45) is 1.61. The third kappa shape index (κ3) is 5.87. The second-order valence-corrected chi connectivity index (χ2v) is 6.61. The molecule has 0 aromatic heterocycles. The molecule has 3 aromatic rings. The molecule has 0 bridgehead atoms. The van der Waals surface area contributed by atoms with E-state index in [1.54, 1.807) is 19.2 Å².